The van der Waals surface area contributed by atoms with Crippen LogP contribution in [0.25, 0.3) is 0 Å². The third kappa shape index (κ3) is 2.04. The zero-order valence-electron chi connectivity index (χ0n) is 8.35. The summed E-state index contributed by atoms with van der Waals surface area (Å²) in [6.45, 7) is 1.94. The predicted octanol–water partition coefficient (Wildman–Crippen LogP) is -0.863. The fourth-order valence-electron chi connectivity index (χ4n) is 1.16. The second-order valence-corrected chi connectivity index (χ2v) is 3.64. The Morgan fingerprint density at radius 3 is 2.40 bits per heavy atom. The molecule has 1 aliphatic rings. The quantitative estimate of drug-likeness (QED) is 0.594. The molecule has 6 nitrogen and oxygen atoms in total. The van der Waals surface area contributed by atoms with Crippen molar-refractivity contribution in [2.75, 3.05) is 6.54 Å². The van der Waals surface area contributed by atoms with Crippen molar-refractivity contribution in [1.29, 1.82) is 0 Å². The molecular weight excluding hydrogens is 202 g/mol. The lowest BCUT2D eigenvalue weighted by Gasteiger charge is -2.23. The maximum atomic E-state index is 11.3. The number of carboxylic acid groups (broad SMARTS) is 1. The fourth-order valence-corrected chi connectivity index (χ4v) is 1.16. The monoisotopic (exact) mass is 213 g/mol. The number of hydrogen-bond donors (Lipinski definition) is 2. The lowest BCUT2D eigenvalue weighted by molar-refractivity contribution is -0.160. The Hall–Kier alpha value is -1.69. The Kier molecular flexibility index (Phi) is 2.63. The van der Waals surface area contributed by atoms with Gasteiger partial charge in [-0.25, -0.2) is 4.79 Å². The molecule has 2 N–H and O–H groups in total. The first-order valence-electron chi connectivity index (χ1n) is 4.25. The molecule has 2 amide bonds. The molecule has 0 aliphatic carbocycles. The second kappa shape index (κ2) is 3.47. The zero-order valence-corrected chi connectivity index (χ0v) is 8.35. The standard InChI is InChI=1S/C9H11NO5/c1-5-3-6(11)10(7(5)12)4-9(2,15)8(13)14/h3,15H,4H2,1-2H3,(H,13,14). The number of carbonyl (C=O) groups excluding carboxylic acids is 2. The van der Waals surface area contributed by atoms with Crippen molar-refractivity contribution in [3.8, 4) is 0 Å². The van der Waals surface area contributed by atoms with Gasteiger partial charge in [-0.2, -0.15) is 0 Å². The van der Waals surface area contributed by atoms with E-state index in [1.54, 1.807) is 0 Å². The molecule has 1 rings (SSSR count). The number of rotatable bonds is 3. The van der Waals surface area contributed by atoms with E-state index < -0.39 is 29.9 Å². The average molecular weight is 213 g/mol. The van der Waals surface area contributed by atoms with Gasteiger partial charge in [0.25, 0.3) is 11.8 Å². The zero-order chi connectivity index (χ0) is 11.8. The van der Waals surface area contributed by atoms with E-state index in [1.165, 1.54) is 6.92 Å². The summed E-state index contributed by atoms with van der Waals surface area (Å²) in [7, 11) is 0. The summed E-state index contributed by atoms with van der Waals surface area (Å²) in [6.07, 6.45) is 1.11. The lowest BCUT2D eigenvalue weighted by Crippen LogP contribution is -2.49. The van der Waals surface area contributed by atoms with Crippen LogP contribution in [-0.2, 0) is 14.4 Å². The van der Waals surface area contributed by atoms with Gasteiger partial charge in [-0.1, -0.05) is 0 Å². The first-order chi connectivity index (χ1) is 6.75. The Balaban J connectivity index is 2.82. The third-order valence-corrected chi connectivity index (χ3v) is 2.12. The van der Waals surface area contributed by atoms with Crippen molar-refractivity contribution >= 4 is 17.8 Å². The van der Waals surface area contributed by atoms with Gasteiger partial charge in [-0.3, -0.25) is 14.5 Å². The molecular formula is C9H11NO5. The molecule has 1 atom stereocenters. The van der Waals surface area contributed by atoms with E-state index in [-0.39, 0.29) is 5.57 Å². The van der Waals surface area contributed by atoms with E-state index in [4.69, 9.17) is 5.11 Å². The Morgan fingerprint density at radius 2 is 2.07 bits per heavy atom. The number of carbonyl (C=O) groups is 3. The molecule has 0 saturated heterocycles. The van der Waals surface area contributed by atoms with Crippen molar-refractivity contribution in [2.24, 2.45) is 0 Å². The highest BCUT2D eigenvalue weighted by Gasteiger charge is 2.38. The average Bonchev–Trinajstić information content (AvgIpc) is 2.32. The number of hydrogen-bond acceptors (Lipinski definition) is 4. The first-order valence-corrected chi connectivity index (χ1v) is 4.25. The number of imide groups is 1. The SMILES string of the molecule is CC1=CC(=O)N(CC(C)(O)C(=O)O)C1=O. The number of aliphatic hydroxyl groups is 1. The van der Waals surface area contributed by atoms with Gasteiger partial charge >= 0.3 is 5.97 Å². The molecule has 0 bridgehead atoms. The molecule has 1 unspecified atom stereocenters. The number of β-amino-alcohol motifs (C(OH)–C–C–N with tert-alkyl or cyclic N) is 1. The topological polar surface area (TPSA) is 94.9 Å². The van der Waals surface area contributed by atoms with Crippen LogP contribution in [-0.4, -0.2) is 45.0 Å². The van der Waals surface area contributed by atoms with Gasteiger partial charge in [-0.15, -0.1) is 0 Å². The maximum Gasteiger partial charge on any atom is 0.337 e. The van der Waals surface area contributed by atoms with Crippen LogP contribution in [0.1, 0.15) is 13.8 Å². The lowest BCUT2D eigenvalue weighted by atomic mass is 10.1. The molecule has 15 heavy (non-hydrogen) atoms. The van der Waals surface area contributed by atoms with Crippen molar-refractivity contribution in [1.82, 2.24) is 4.90 Å². The van der Waals surface area contributed by atoms with Crippen LogP contribution < -0.4 is 0 Å². The largest absolute Gasteiger partial charge is 0.479 e. The fraction of sp³-hybridized carbons (Fsp3) is 0.444. The molecule has 0 aromatic rings. The van der Waals surface area contributed by atoms with E-state index in [2.05, 4.69) is 0 Å². The summed E-state index contributed by atoms with van der Waals surface area (Å²) in [6, 6.07) is 0. The van der Waals surface area contributed by atoms with Gasteiger partial charge in [0.2, 0.25) is 0 Å². The van der Waals surface area contributed by atoms with Gasteiger partial charge in [0.1, 0.15) is 0 Å². The number of nitrogens with zero attached hydrogens (tertiary/aromatic N) is 1. The Bertz CT molecular complexity index is 369. The van der Waals surface area contributed by atoms with Crippen LogP contribution in [0.3, 0.4) is 0 Å². The van der Waals surface area contributed by atoms with E-state index >= 15 is 0 Å². The Morgan fingerprint density at radius 1 is 1.53 bits per heavy atom. The molecule has 6 heteroatoms. The maximum absolute atomic E-state index is 11.3. The molecule has 0 saturated carbocycles. The molecule has 0 fully saturated rings. The number of carboxylic acids is 1. The van der Waals surface area contributed by atoms with E-state index in [0.29, 0.717) is 4.90 Å². The second-order valence-electron chi connectivity index (χ2n) is 3.64. The first kappa shape index (κ1) is 11.4. The van der Waals surface area contributed by atoms with E-state index in [9.17, 15) is 19.5 Å². The molecule has 0 radical (unpaired) electrons. The van der Waals surface area contributed by atoms with Crippen molar-refractivity contribution < 1.29 is 24.6 Å². The molecule has 1 heterocycles. The molecule has 0 spiro atoms. The normalized spacial score (nSPS) is 20.2. The van der Waals surface area contributed by atoms with Crippen molar-refractivity contribution in [3.05, 3.63) is 11.6 Å². The highest BCUT2D eigenvalue weighted by molar-refractivity contribution is 6.16. The summed E-state index contributed by atoms with van der Waals surface area (Å²) >= 11 is 0. The summed E-state index contributed by atoms with van der Waals surface area (Å²) in [5.41, 5.74) is -1.88. The summed E-state index contributed by atoms with van der Waals surface area (Å²) < 4.78 is 0. The van der Waals surface area contributed by atoms with Gasteiger partial charge in [0.15, 0.2) is 5.60 Å². The highest BCUT2D eigenvalue weighted by Crippen LogP contribution is 2.16. The van der Waals surface area contributed by atoms with Crippen LogP contribution in [0.4, 0.5) is 0 Å². The van der Waals surface area contributed by atoms with Gasteiger partial charge in [0, 0.05) is 11.6 Å². The number of amides is 2. The third-order valence-electron chi connectivity index (χ3n) is 2.12. The highest BCUT2D eigenvalue weighted by atomic mass is 16.4. The Labute approximate surface area is 85.8 Å². The minimum atomic E-state index is -2.12. The predicted molar refractivity (Wildman–Crippen MR) is 48.7 cm³/mol. The minimum Gasteiger partial charge on any atom is -0.479 e. The van der Waals surface area contributed by atoms with Gasteiger partial charge < -0.3 is 10.2 Å². The smallest absolute Gasteiger partial charge is 0.337 e. The summed E-state index contributed by atoms with van der Waals surface area (Å²) in [5.74, 6) is -2.65. The molecule has 0 aromatic heterocycles. The van der Waals surface area contributed by atoms with Gasteiger partial charge in [0.05, 0.1) is 6.54 Å². The van der Waals surface area contributed by atoms with Gasteiger partial charge in [-0.05, 0) is 13.8 Å². The summed E-state index contributed by atoms with van der Waals surface area (Å²) in [5, 5.41) is 18.0. The number of aliphatic carboxylic acids is 1. The van der Waals surface area contributed by atoms with Crippen LogP contribution in [0.5, 0.6) is 0 Å². The van der Waals surface area contributed by atoms with Crippen LogP contribution in [0.2, 0.25) is 0 Å². The van der Waals surface area contributed by atoms with Crippen molar-refractivity contribution in [3.63, 3.8) is 0 Å². The van der Waals surface area contributed by atoms with Crippen LogP contribution in [0, 0.1) is 0 Å². The van der Waals surface area contributed by atoms with Crippen molar-refractivity contribution in [2.45, 2.75) is 19.4 Å². The molecule has 82 valence electrons. The summed E-state index contributed by atoms with van der Waals surface area (Å²) in [4.78, 5) is 33.9. The van der Waals surface area contributed by atoms with E-state index in [0.717, 1.165) is 13.0 Å². The molecule has 1 aliphatic heterocycles. The molecule has 0 aromatic carbocycles. The van der Waals surface area contributed by atoms with Crippen LogP contribution >= 0.6 is 0 Å². The van der Waals surface area contributed by atoms with E-state index in [1.807, 2.05) is 0 Å². The van der Waals surface area contributed by atoms with Crippen LogP contribution in [0.15, 0.2) is 11.6 Å². The minimum absolute atomic E-state index is 0.237.